The summed E-state index contributed by atoms with van der Waals surface area (Å²) in [5.74, 6) is 0.775. The minimum Gasteiger partial charge on any atom is -0.348 e. The Kier molecular flexibility index (Phi) is 10.2. The lowest BCUT2D eigenvalue weighted by atomic mass is 9.83. The number of pyridine rings is 1. The molecule has 0 unspecified atom stereocenters. The first kappa shape index (κ1) is 29.2. The largest absolute Gasteiger partial charge is 0.348 e. The van der Waals surface area contributed by atoms with E-state index in [9.17, 15) is 4.79 Å². The third-order valence-electron chi connectivity index (χ3n) is 7.34. The Morgan fingerprint density at radius 2 is 1.57 bits per heavy atom. The number of nitrogens with zero attached hydrogens (tertiary/aromatic N) is 3. The fourth-order valence-electron chi connectivity index (χ4n) is 5.17. The van der Waals surface area contributed by atoms with Gasteiger partial charge in [0.15, 0.2) is 0 Å². The Labute approximate surface area is 238 Å². The predicted octanol–water partition coefficient (Wildman–Crippen LogP) is 6.58. The molecular weight excluding hydrogens is 496 g/mol. The Hall–Kier alpha value is -3.81. The molecule has 0 aliphatic heterocycles. The van der Waals surface area contributed by atoms with Gasteiger partial charge in [-0.05, 0) is 66.3 Å². The first-order chi connectivity index (χ1) is 19.4. The van der Waals surface area contributed by atoms with Gasteiger partial charge in [-0.25, -0.2) is 4.98 Å². The van der Waals surface area contributed by atoms with Crippen LogP contribution >= 0.6 is 0 Å². The molecule has 40 heavy (non-hydrogen) atoms. The van der Waals surface area contributed by atoms with Crippen molar-refractivity contribution in [1.29, 1.82) is 0 Å². The van der Waals surface area contributed by atoms with Gasteiger partial charge in [-0.1, -0.05) is 63.9 Å². The van der Waals surface area contributed by atoms with Crippen LogP contribution in [-0.4, -0.2) is 25.8 Å². The average Bonchev–Trinajstić information content (AvgIpc) is 3.47. The number of nitrogens with two attached hydrogens (primary N) is 1. The summed E-state index contributed by atoms with van der Waals surface area (Å²) < 4.78 is 0. The molecule has 0 fully saturated rings. The number of carbonyl (C=O) groups excluding carboxylic acids is 1. The normalized spacial score (nSPS) is 11.6. The molecule has 0 bridgehead atoms. The third kappa shape index (κ3) is 7.87. The molecule has 0 spiro atoms. The number of carbonyl (C=O) groups is 1. The molecule has 2 aromatic heterocycles. The molecular formula is C33H42N6O. The van der Waals surface area contributed by atoms with Crippen molar-refractivity contribution in [3.63, 3.8) is 0 Å². The number of benzene rings is 2. The van der Waals surface area contributed by atoms with Crippen LogP contribution in [0.2, 0.25) is 0 Å². The number of imidazole rings is 1. The van der Waals surface area contributed by atoms with Gasteiger partial charge in [0.05, 0.1) is 12.2 Å². The minimum atomic E-state index is -0.318. The van der Waals surface area contributed by atoms with Crippen molar-refractivity contribution in [3.05, 3.63) is 113 Å². The van der Waals surface area contributed by atoms with Crippen LogP contribution in [0.15, 0.2) is 79.3 Å². The summed E-state index contributed by atoms with van der Waals surface area (Å²) in [6.07, 6.45) is 10.5. The fourth-order valence-corrected chi connectivity index (χ4v) is 5.17. The zero-order valence-electron chi connectivity index (χ0n) is 24.0. The maximum absolute atomic E-state index is 13.0. The molecule has 0 radical (unpaired) electrons. The molecule has 2 aromatic carbocycles. The minimum absolute atomic E-state index is 0.131. The van der Waals surface area contributed by atoms with Gasteiger partial charge in [-0.15, -0.1) is 0 Å². The number of rotatable bonds is 14. The summed E-state index contributed by atoms with van der Waals surface area (Å²) in [5.41, 5.74) is 12.3. The van der Waals surface area contributed by atoms with E-state index in [0.717, 1.165) is 60.4 Å². The Morgan fingerprint density at radius 1 is 0.875 bits per heavy atom. The van der Waals surface area contributed by atoms with Crippen LogP contribution < -0.4 is 11.1 Å². The monoisotopic (exact) mass is 538 g/mol. The van der Waals surface area contributed by atoms with Crippen LogP contribution in [0.3, 0.4) is 0 Å². The SMILES string of the molecule is CCCC(N)(CCC)c1ccc(NC(=O)c2ccc(CN(Cc3ccc(CC)cn3)Cc3ncc[nH]3)cc2)cc1. The summed E-state index contributed by atoms with van der Waals surface area (Å²) in [7, 11) is 0. The summed E-state index contributed by atoms with van der Waals surface area (Å²) in [6, 6.07) is 20.0. The number of H-pyrrole nitrogens is 1. The van der Waals surface area contributed by atoms with Crippen molar-refractivity contribution in [1.82, 2.24) is 19.9 Å². The second-order valence-corrected chi connectivity index (χ2v) is 10.6. The Balaban J connectivity index is 1.40. The van der Waals surface area contributed by atoms with E-state index in [-0.39, 0.29) is 11.4 Å². The highest BCUT2D eigenvalue weighted by molar-refractivity contribution is 6.04. The molecule has 0 saturated heterocycles. The fraction of sp³-hybridized carbons (Fsp3) is 0.364. The Bertz CT molecular complexity index is 1310. The number of hydrogen-bond donors (Lipinski definition) is 3. The number of amides is 1. The smallest absolute Gasteiger partial charge is 0.255 e. The zero-order valence-corrected chi connectivity index (χ0v) is 24.0. The molecule has 7 heteroatoms. The highest BCUT2D eigenvalue weighted by Gasteiger charge is 2.25. The van der Waals surface area contributed by atoms with Gasteiger partial charge in [-0.2, -0.15) is 0 Å². The van der Waals surface area contributed by atoms with Gasteiger partial charge in [0.2, 0.25) is 0 Å². The van der Waals surface area contributed by atoms with E-state index in [2.05, 4.69) is 58.1 Å². The lowest BCUT2D eigenvalue weighted by Crippen LogP contribution is -2.36. The van der Waals surface area contributed by atoms with Crippen LogP contribution in [0.25, 0.3) is 0 Å². The standard InChI is InChI=1S/C33H42N6O/c1-4-17-33(34,18-5-2)28-12-15-29(16-13-28)38-32(40)27-10-7-26(8-11-27)22-39(24-31-35-19-20-36-31)23-30-14-9-25(6-3)21-37-30/h7-16,19-21H,4-6,17-18,22-24,34H2,1-3H3,(H,35,36)(H,38,40). The molecule has 4 rings (SSSR count). The molecule has 1 amide bonds. The van der Waals surface area contributed by atoms with E-state index in [1.54, 1.807) is 6.20 Å². The van der Waals surface area contributed by atoms with Gasteiger partial charge in [-0.3, -0.25) is 14.7 Å². The van der Waals surface area contributed by atoms with Crippen molar-refractivity contribution in [3.8, 4) is 0 Å². The summed E-state index contributed by atoms with van der Waals surface area (Å²) in [4.78, 5) is 27.5. The number of aromatic nitrogens is 3. The number of anilines is 1. The topological polar surface area (TPSA) is 99.9 Å². The molecule has 4 aromatic rings. The van der Waals surface area contributed by atoms with E-state index in [4.69, 9.17) is 5.73 Å². The van der Waals surface area contributed by atoms with Crippen molar-refractivity contribution < 1.29 is 4.79 Å². The summed E-state index contributed by atoms with van der Waals surface area (Å²) in [6.45, 7) is 8.53. The van der Waals surface area contributed by atoms with E-state index in [1.807, 2.05) is 60.9 Å². The van der Waals surface area contributed by atoms with Crippen LogP contribution in [0.5, 0.6) is 0 Å². The van der Waals surface area contributed by atoms with Gasteiger partial charge in [0.1, 0.15) is 5.82 Å². The van der Waals surface area contributed by atoms with Crippen molar-refractivity contribution in [2.75, 3.05) is 5.32 Å². The van der Waals surface area contributed by atoms with Crippen molar-refractivity contribution in [2.24, 2.45) is 5.73 Å². The first-order valence-corrected chi connectivity index (χ1v) is 14.4. The first-order valence-electron chi connectivity index (χ1n) is 14.4. The van der Waals surface area contributed by atoms with Gasteiger partial charge >= 0.3 is 0 Å². The Morgan fingerprint density at radius 3 is 2.15 bits per heavy atom. The molecule has 7 nitrogen and oxygen atoms in total. The molecule has 0 saturated carbocycles. The highest BCUT2D eigenvalue weighted by atomic mass is 16.1. The number of aryl methyl sites for hydroxylation is 1. The number of aromatic amines is 1. The zero-order chi connectivity index (χ0) is 28.4. The van der Waals surface area contributed by atoms with E-state index in [0.29, 0.717) is 25.2 Å². The third-order valence-corrected chi connectivity index (χ3v) is 7.34. The molecule has 0 aliphatic carbocycles. The average molecular weight is 539 g/mol. The summed E-state index contributed by atoms with van der Waals surface area (Å²) >= 11 is 0. The molecule has 0 aliphatic rings. The van der Waals surface area contributed by atoms with E-state index < -0.39 is 0 Å². The second-order valence-electron chi connectivity index (χ2n) is 10.6. The molecule has 210 valence electrons. The van der Waals surface area contributed by atoms with Crippen LogP contribution in [0, 0.1) is 0 Å². The van der Waals surface area contributed by atoms with Crippen LogP contribution in [0.1, 0.15) is 85.0 Å². The van der Waals surface area contributed by atoms with E-state index in [1.165, 1.54) is 5.56 Å². The van der Waals surface area contributed by atoms with Gasteiger partial charge in [0.25, 0.3) is 5.91 Å². The highest BCUT2D eigenvalue weighted by Crippen LogP contribution is 2.29. The van der Waals surface area contributed by atoms with Crippen molar-refractivity contribution in [2.45, 2.75) is 78.0 Å². The number of nitrogens with one attached hydrogen (secondary N) is 2. The predicted molar refractivity (Wildman–Crippen MR) is 162 cm³/mol. The number of hydrogen-bond acceptors (Lipinski definition) is 5. The van der Waals surface area contributed by atoms with Gasteiger partial charge < -0.3 is 16.0 Å². The van der Waals surface area contributed by atoms with E-state index >= 15 is 0 Å². The molecule has 0 atom stereocenters. The van der Waals surface area contributed by atoms with Crippen LogP contribution in [0.4, 0.5) is 5.69 Å². The molecule has 4 N–H and O–H groups in total. The summed E-state index contributed by atoms with van der Waals surface area (Å²) in [5, 5.41) is 3.02. The lowest BCUT2D eigenvalue weighted by Gasteiger charge is -2.29. The van der Waals surface area contributed by atoms with Gasteiger partial charge in [0, 0.05) is 48.5 Å². The molecule has 2 heterocycles. The maximum atomic E-state index is 13.0. The van der Waals surface area contributed by atoms with Crippen molar-refractivity contribution >= 4 is 11.6 Å². The van der Waals surface area contributed by atoms with Crippen LogP contribution in [-0.2, 0) is 31.6 Å². The lowest BCUT2D eigenvalue weighted by molar-refractivity contribution is 0.102. The maximum Gasteiger partial charge on any atom is 0.255 e. The quantitative estimate of drug-likeness (QED) is 0.168. The second kappa shape index (κ2) is 14.0.